The fraction of sp³-hybridized carbons (Fsp3) is 0.409. The molecule has 0 radical (unpaired) electrons. The van der Waals surface area contributed by atoms with Gasteiger partial charge in [0.15, 0.2) is 0 Å². The highest BCUT2D eigenvalue weighted by molar-refractivity contribution is 5.77. The normalized spacial score (nSPS) is 17.2. The van der Waals surface area contributed by atoms with E-state index in [0.717, 1.165) is 36.1 Å². The summed E-state index contributed by atoms with van der Waals surface area (Å²) in [5, 5.41) is 12.4. The summed E-state index contributed by atoms with van der Waals surface area (Å²) in [6.07, 6.45) is 2.07. The first-order valence-electron chi connectivity index (χ1n) is 10.0. The van der Waals surface area contributed by atoms with Gasteiger partial charge in [-0.1, -0.05) is 38.1 Å². The molecule has 1 saturated heterocycles. The van der Waals surface area contributed by atoms with Gasteiger partial charge in [0.25, 0.3) is 0 Å². The maximum atomic E-state index is 12.8. The lowest BCUT2D eigenvalue weighted by atomic mass is 10.0. The highest BCUT2D eigenvalue weighted by atomic mass is 16.2. The van der Waals surface area contributed by atoms with Crippen molar-refractivity contribution in [2.45, 2.75) is 45.2 Å². The maximum Gasteiger partial charge on any atom is 0.246 e. The number of hydrogen-bond acceptors (Lipinski definition) is 4. The minimum atomic E-state index is 0.0713. The van der Waals surface area contributed by atoms with Crippen LogP contribution in [0.2, 0.25) is 0 Å². The number of carbonyl (C=O) groups excluding carboxylic acids is 1. The Morgan fingerprint density at radius 3 is 2.43 bits per heavy atom. The third-order valence-electron chi connectivity index (χ3n) is 5.33. The molecule has 2 aromatic carbocycles. The summed E-state index contributed by atoms with van der Waals surface area (Å²) >= 11 is 0. The van der Waals surface area contributed by atoms with Gasteiger partial charge in [0.2, 0.25) is 5.91 Å². The van der Waals surface area contributed by atoms with E-state index in [2.05, 4.69) is 53.6 Å². The Hall–Kier alpha value is -2.89. The van der Waals surface area contributed by atoms with Crippen molar-refractivity contribution in [1.82, 2.24) is 19.9 Å². The molecule has 1 aliphatic heterocycles. The molecule has 6 heteroatoms. The van der Waals surface area contributed by atoms with Gasteiger partial charge in [-0.15, -0.1) is 0 Å². The molecule has 1 aromatic heterocycles. The van der Waals surface area contributed by atoms with Gasteiger partial charge in [0, 0.05) is 24.8 Å². The fourth-order valence-corrected chi connectivity index (χ4v) is 3.72. The van der Waals surface area contributed by atoms with E-state index in [0.29, 0.717) is 12.5 Å². The third kappa shape index (κ3) is 4.16. The quantitative estimate of drug-likeness (QED) is 0.737. The van der Waals surface area contributed by atoms with Crippen molar-refractivity contribution < 1.29 is 4.79 Å². The summed E-state index contributed by atoms with van der Waals surface area (Å²) in [5.41, 5.74) is 4.09. The number of rotatable bonds is 5. The minimum Gasteiger partial charge on any atom is -0.381 e. The second kappa shape index (κ2) is 8.00. The Bertz CT molecular complexity index is 914. The average molecular weight is 377 g/mol. The van der Waals surface area contributed by atoms with Crippen molar-refractivity contribution in [2.75, 3.05) is 18.4 Å². The molecule has 28 heavy (non-hydrogen) atoms. The number of hydrogen-bond donors (Lipinski definition) is 1. The Balaban J connectivity index is 1.36. The first kappa shape index (κ1) is 18.5. The van der Waals surface area contributed by atoms with Crippen molar-refractivity contribution >= 4 is 22.6 Å². The predicted octanol–water partition coefficient (Wildman–Crippen LogP) is 3.66. The van der Waals surface area contributed by atoms with Crippen molar-refractivity contribution in [3.05, 3.63) is 54.1 Å². The minimum absolute atomic E-state index is 0.0713. The first-order chi connectivity index (χ1) is 13.6. The number of benzene rings is 2. The third-order valence-corrected chi connectivity index (χ3v) is 5.33. The second-order valence-corrected chi connectivity index (χ2v) is 7.82. The molecule has 4 rings (SSSR count). The number of likely N-dealkylation sites (tertiary alicyclic amines) is 1. The number of anilines is 1. The van der Waals surface area contributed by atoms with Crippen LogP contribution in [0.1, 0.15) is 38.2 Å². The van der Waals surface area contributed by atoms with Gasteiger partial charge in [0.05, 0.1) is 0 Å². The molecule has 2 heterocycles. The predicted molar refractivity (Wildman–Crippen MR) is 111 cm³/mol. The molecular formula is C22H27N5O. The van der Waals surface area contributed by atoms with E-state index in [4.69, 9.17) is 0 Å². The second-order valence-electron chi connectivity index (χ2n) is 7.82. The van der Waals surface area contributed by atoms with E-state index in [-0.39, 0.29) is 18.5 Å². The molecule has 0 saturated carbocycles. The van der Waals surface area contributed by atoms with Gasteiger partial charge >= 0.3 is 0 Å². The van der Waals surface area contributed by atoms with Crippen LogP contribution >= 0.6 is 0 Å². The molecular weight excluding hydrogens is 350 g/mol. The van der Waals surface area contributed by atoms with Gasteiger partial charge in [-0.3, -0.25) is 4.79 Å². The van der Waals surface area contributed by atoms with Crippen LogP contribution in [0.15, 0.2) is 48.5 Å². The maximum absolute atomic E-state index is 12.8. The number of amides is 1. The zero-order chi connectivity index (χ0) is 19.5. The Kier molecular flexibility index (Phi) is 5.28. The van der Waals surface area contributed by atoms with Crippen molar-refractivity contribution in [1.29, 1.82) is 0 Å². The van der Waals surface area contributed by atoms with Gasteiger partial charge < -0.3 is 10.2 Å². The van der Waals surface area contributed by atoms with E-state index in [9.17, 15) is 4.79 Å². The van der Waals surface area contributed by atoms with Crippen molar-refractivity contribution in [3.63, 3.8) is 0 Å². The van der Waals surface area contributed by atoms with Crippen LogP contribution in [0.4, 0.5) is 5.69 Å². The molecule has 0 aliphatic carbocycles. The lowest BCUT2D eigenvalue weighted by molar-refractivity contribution is -0.133. The molecule has 1 atom stereocenters. The van der Waals surface area contributed by atoms with Crippen LogP contribution in [0.3, 0.4) is 0 Å². The van der Waals surface area contributed by atoms with Crippen molar-refractivity contribution in [2.24, 2.45) is 0 Å². The fourth-order valence-electron chi connectivity index (χ4n) is 3.72. The smallest absolute Gasteiger partial charge is 0.246 e. The van der Waals surface area contributed by atoms with Crippen LogP contribution in [0.5, 0.6) is 0 Å². The number of piperidine rings is 1. The van der Waals surface area contributed by atoms with Crippen molar-refractivity contribution in [3.8, 4) is 0 Å². The molecule has 0 spiro atoms. The SMILES string of the molecule is CC(C)c1ccc(NC2CCCN(C(=O)Cn3nc4ccccc4n3)C2)cc1. The molecule has 1 unspecified atom stereocenters. The molecule has 1 fully saturated rings. The van der Waals surface area contributed by atoms with Gasteiger partial charge in [-0.05, 0) is 48.6 Å². The standard InChI is InChI=1S/C22H27N5O/c1-16(2)17-9-11-18(12-10-17)23-19-6-5-13-26(14-19)22(28)15-27-24-20-7-3-4-8-21(20)25-27/h3-4,7-12,16,19,23H,5-6,13-15H2,1-2H3. The summed E-state index contributed by atoms with van der Waals surface area (Å²) in [6, 6.07) is 16.6. The van der Waals surface area contributed by atoms with Gasteiger partial charge in [-0.2, -0.15) is 15.0 Å². The van der Waals surface area contributed by atoms with Crippen LogP contribution in [0, 0.1) is 0 Å². The molecule has 0 bridgehead atoms. The largest absolute Gasteiger partial charge is 0.381 e. The summed E-state index contributed by atoms with van der Waals surface area (Å²) in [7, 11) is 0. The lowest BCUT2D eigenvalue weighted by Gasteiger charge is -2.33. The number of aromatic nitrogens is 3. The summed E-state index contributed by atoms with van der Waals surface area (Å²) in [6.45, 7) is 6.09. The average Bonchev–Trinajstić information content (AvgIpc) is 3.11. The van der Waals surface area contributed by atoms with E-state index in [1.807, 2.05) is 29.2 Å². The molecule has 6 nitrogen and oxygen atoms in total. The van der Waals surface area contributed by atoms with Crippen LogP contribution in [-0.4, -0.2) is 44.9 Å². The summed E-state index contributed by atoms with van der Waals surface area (Å²) < 4.78 is 0. The number of carbonyl (C=O) groups is 1. The Labute approximate surface area is 165 Å². The molecule has 1 N–H and O–H groups in total. The number of nitrogens with one attached hydrogen (secondary N) is 1. The van der Waals surface area contributed by atoms with Gasteiger partial charge in [0.1, 0.15) is 17.6 Å². The van der Waals surface area contributed by atoms with E-state index >= 15 is 0 Å². The lowest BCUT2D eigenvalue weighted by Crippen LogP contribution is -2.46. The highest BCUT2D eigenvalue weighted by Crippen LogP contribution is 2.20. The molecule has 146 valence electrons. The van der Waals surface area contributed by atoms with E-state index in [1.165, 1.54) is 10.4 Å². The summed E-state index contributed by atoms with van der Waals surface area (Å²) in [4.78, 5) is 16.2. The first-order valence-corrected chi connectivity index (χ1v) is 10.0. The summed E-state index contributed by atoms with van der Waals surface area (Å²) in [5.74, 6) is 0.603. The highest BCUT2D eigenvalue weighted by Gasteiger charge is 2.24. The molecule has 3 aromatic rings. The number of fused-ring (bicyclic) bond motifs is 1. The topological polar surface area (TPSA) is 63.1 Å². The molecule has 1 amide bonds. The number of nitrogens with zero attached hydrogens (tertiary/aromatic N) is 4. The van der Waals surface area contributed by atoms with Gasteiger partial charge in [-0.25, -0.2) is 0 Å². The Morgan fingerprint density at radius 1 is 1.11 bits per heavy atom. The van der Waals surface area contributed by atoms with Crippen LogP contribution in [-0.2, 0) is 11.3 Å². The van der Waals surface area contributed by atoms with Crippen LogP contribution in [0.25, 0.3) is 11.0 Å². The zero-order valence-electron chi connectivity index (χ0n) is 16.5. The Morgan fingerprint density at radius 2 is 1.79 bits per heavy atom. The van der Waals surface area contributed by atoms with Crippen LogP contribution < -0.4 is 5.32 Å². The van der Waals surface area contributed by atoms with E-state index < -0.39 is 0 Å². The monoisotopic (exact) mass is 377 g/mol. The van der Waals surface area contributed by atoms with E-state index in [1.54, 1.807) is 0 Å². The molecule has 1 aliphatic rings. The zero-order valence-corrected chi connectivity index (χ0v) is 16.5.